The number of halogens is 1. The molecule has 194 valence electrons. The highest BCUT2D eigenvalue weighted by Gasteiger charge is 2.28. The topological polar surface area (TPSA) is 85.1 Å². The molecule has 2 unspecified atom stereocenters. The van der Waals surface area contributed by atoms with Gasteiger partial charge in [-0.15, -0.1) is 11.6 Å². The van der Waals surface area contributed by atoms with Crippen LogP contribution in [0.1, 0.15) is 51.4 Å². The first kappa shape index (κ1) is 25.3. The minimum absolute atomic E-state index is 0.0188. The van der Waals surface area contributed by atoms with Gasteiger partial charge in [0.15, 0.2) is 0 Å². The summed E-state index contributed by atoms with van der Waals surface area (Å²) in [7, 11) is 0. The largest absolute Gasteiger partial charge is 0.494 e. The van der Waals surface area contributed by atoms with Crippen LogP contribution in [0.3, 0.4) is 0 Å². The highest BCUT2D eigenvalue weighted by molar-refractivity contribution is 6.17. The summed E-state index contributed by atoms with van der Waals surface area (Å²) in [5.74, 6) is 0.701. The molecular formula is C28H36ClN3O4. The molecule has 3 aromatic rings. The Hall–Kier alpha value is -2.35. The molecular weight excluding hydrogens is 478 g/mol. The van der Waals surface area contributed by atoms with Gasteiger partial charge < -0.3 is 19.9 Å². The average molecular weight is 514 g/mol. The van der Waals surface area contributed by atoms with E-state index in [9.17, 15) is 9.90 Å². The third kappa shape index (κ3) is 5.20. The van der Waals surface area contributed by atoms with Crippen LogP contribution in [0.25, 0.3) is 21.5 Å². The van der Waals surface area contributed by atoms with E-state index in [1.54, 1.807) is 0 Å². The summed E-state index contributed by atoms with van der Waals surface area (Å²) in [5.41, 5.74) is 0.794. The van der Waals surface area contributed by atoms with E-state index in [-0.39, 0.29) is 24.0 Å². The number of hydrogen-bond acceptors (Lipinski definition) is 6. The molecule has 2 heterocycles. The first-order valence-electron chi connectivity index (χ1n) is 13.4. The van der Waals surface area contributed by atoms with Gasteiger partial charge in [-0.25, -0.2) is 0 Å². The van der Waals surface area contributed by atoms with Gasteiger partial charge in [0.05, 0.1) is 37.8 Å². The number of unbranched alkanes of at least 4 members (excludes halogenated alkanes) is 3. The number of nitrogens with zero attached hydrogens (tertiary/aromatic N) is 2. The number of pyridine rings is 1. The van der Waals surface area contributed by atoms with Crippen LogP contribution in [-0.2, 0) is 16.0 Å². The molecule has 36 heavy (non-hydrogen) atoms. The number of rotatable bonds is 12. The average Bonchev–Trinajstić information content (AvgIpc) is 3.06. The van der Waals surface area contributed by atoms with Crippen molar-refractivity contribution in [2.24, 2.45) is 4.99 Å². The fourth-order valence-corrected chi connectivity index (χ4v) is 5.80. The lowest BCUT2D eigenvalue weighted by molar-refractivity contribution is 0.0428. The predicted octanol–water partition coefficient (Wildman–Crippen LogP) is 4.77. The zero-order chi connectivity index (χ0) is 24.9. The smallest absolute Gasteiger partial charge is 0.261 e. The summed E-state index contributed by atoms with van der Waals surface area (Å²) in [4.78, 5) is 18.5. The maximum absolute atomic E-state index is 13.4. The Morgan fingerprint density at radius 2 is 1.72 bits per heavy atom. The van der Waals surface area contributed by atoms with Crippen LogP contribution in [0, 0.1) is 0 Å². The number of fused-ring (bicyclic) bond motifs is 1. The molecule has 0 bridgehead atoms. The normalized spacial score (nSPS) is 19.1. The highest BCUT2D eigenvalue weighted by atomic mass is 35.5. The van der Waals surface area contributed by atoms with Crippen LogP contribution in [0.4, 0.5) is 5.69 Å². The zero-order valence-electron chi connectivity index (χ0n) is 20.8. The fraction of sp³-hybridized carbons (Fsp3) is 0.571. The van der Waals surface area contributed by atoms with Crippen molar-refractivity contribution in [1.29, 1.82) is 0 Å². The maximum Gasteiger partial charge on any atom is 0.261 e. The molecule has 0 radical (unpaired) electrons. The van der Waals surface area contributed by atoms with Crippen molar-refractivity contribution >= 4 is 38.8 Å². The Morgan fingerprint density at radius 3 is 2.58 bits per heavy atom. The number of nitrogens with one attached hydrogen (secondary N) is 1. The molecule has 1 aliphatic heterocycles. The summed E-state index contributed by atoms with van der Waals surface area (Å²) in [5, 5.41) is 18.7. The first-order chi connectivity index (χ1) is 17.7. The number of benzene rings is 2. The van der Waals surface area contributed by atoms with Gasteiger partial charge in [0.1, 0.15) is 0 Å². The monoisotopic (exact) mass is 513 g/mol. The standard InChI is InChI=1S/C28H36ClN3O4/c29-13-5-1-2-6-15-35-17-18-36-16-14-32-27(33)19-9-11-23-26-24(12-10-20(25(19)26)28(32)34)31-22-8-4-3-7-21(22)30-23/h9-12,21-22,30,34H,1-8,13-18H2. The van der Waals surface area contributed by atoms with E-state index < -0.39 is 0 Å². The summed E-state index contributed by atoms with van der Waals surface area (Å²) in [6, 6.07) is 8.32. The van der Waals surface area contributed by atoms with Crippen LogP contribution in [-0.4, -0.2) is 54.1 Å². The van der Waals surface area contributed by atoms with Crippen molar-refractivity contribution in [3.05, 3.63) is 40.0 Å². The van der Waals surface area contributed by atoms with Crippen molar-refractivity contribution < 1.29 is 14.6 Å². The Morgan fingerprint density at radius 1 is 0.944 bits per heavy atom. The lowest BCUT2D eigenvalue weighted by atomic mass is 9.91. The molecule has 0 spiro atoms. The molecule has 1 fully saturated rings. The van der Waals surface area contributed by atoms with Crippen LogP contribution < -0.4 is 16.2 Å². The zero-order valence-corrected chi connectivity index (χ0v) is 21.6. The van der Waals surface area contributed by atoms with E-state index in [1.807, 2.05) is 24.3 Å². The number of anilines is 1. The quantitative estimate of drug-likeness (QED) is 0.269. The molecule has 2 atom stereocenters. The molecule has 2 N–H and O–H groups in total. The number of ether oxygens (including phenoxy) is 2. The van der Waals surface area contributed by atoms with Crippen LogP contribution in [0.2, 0.25) is 0 Å². The molecule has 1 saturated carbocycles. The van der Waals surface area contributed by atoms with Gasteiger partial charge >= 0.3 is 0 Å². The Bertz CT molecular complexity index is 1310. The maximum atomic E-state index is 13.4. The molecule has 8 heteroatoms. The van der Waals surface area contributed by atoms with Crippen molar-refractivity contribution in [3.63, 3.8) is 0 Å². The summed E-state index contributed by atoms with van der Waals surface area (Å²) in [6.45, 7) is 2.30. The van der Waals surface area contributed by atoms with E-state index in [4.69, 9.17) is 26.1 Å². The fourth-order valence-electron chi connectivity index (χ4n) is 5.61. The van der Waals surface area contributed by atoms with Gasteiger partial charge in [0.25, 0.3) is 5.56 Å². The summed E-state index contributed by atoms with van der Waals surface area (Å²) < 4.78 is 12.7. The highest BCUT2D eigenvalue weighted by Crippen LogP contribution is 2.35. The Kier molecular flexibility index (Phi) is 8.29. The molecule has 5 rings (SSSR count). The minimum Gasteiger partial charge on any atom is -0.494 e. The minimum atomic E-state index is -0.206. The van der Waals surface area contributed by atoms with Gasteiger partial charge in [-0.1, -0.05) is 25.7 Å². The van der Waals surface area contributed by atoms with Gasteiger partial charge in [0, 0.05) is 45.8 Å². The Labute approximate surface area is 216 Å². The molecule has 2 aromatic carbocycles. The molecule has 0 saturated heterocycles. The van der Waals surface area contributed by atoms with Crippen LogP contribution in [0.15, 0.2) is 34.1 Å². The number of aromatic hydroxyl groups is 1. The van der Waals surface area contributed by atoms with E-state index >= 15 is 0 Å². The third-order valence-electron chi connectivity index (χ3n) is 7.49. The van der Waals surface area contributed by atoms with Crippen molar-refractivity contribution in [1.82, 2.24) is 4.57 Å². The lowest BCUT2D eigenvalue weighted by Gasteiger charge is -2.29. The SMILES string of the molecule is O=c1c2ccc3c4c(ccc(c(O)n1CCOCCOCCCCCCCl)c24)=NC1CCCCC1N3. The number of alkyl halides is 1. The van der Waals surface area contributed by atoms with Crippen LogP contribution in [0.5, 0.6) is 5.88 Å². The van der Waals surface area contributed by atoms with Gasteiger partial charge in [-0.05, 0) is 49.9 Å². The molecule has 2 aliphatic rings. The lowest BCUT2D eigenvalue weighted by Crippen LogP contribution is -2.35. The van der Waals surface area contributed by atoms with Crippen molar-refractivity contribution in [3.8, 4) is 5.88 Å². The summed E-state index contributed by atoms with van der Waals surface area (Å²) >= 11 is 5.68. The molecule has 7 nitrogen and oxygen atoms in total. The second kappa shape index (κ2) is 11.8. The number of aromatic nitrogens is 1. The second-order valence-corrected chi connectivity index (χ2v) is 10.3. The first-order valence-corrected chi connectivity index (χ1v) is 13.9. The van der Waals surface area contributed by atoms with Gasteiger partial charge in [0.2, 0.25) is 5.88 Å². The second-order valence-electron chi connectivity index (χ2n) is 9.88. The molecule has 1 aromatic heterocycles. The van der Waals surface area contributed by atoms with E-state index in [0.717, 1.165) is 72.8 Å². The van der Waals surface area contributed by atoms with E-state index in [1.165, 1.54) is 17.4 Å². The van der Waals surface area contributed by atoms with E-state index in [0.29, 0.717) is 36.6 Å². The van der Waals surface area contributed by atoms with Crippen molar-refractivity contribution in [2.75, 3.05) is 37.6 Å². The Balaban J connectivity index is 1.29. The predicted molar refractivity (Wildman–Crippen MR) is 145 cm³/mol. The number of hydrogen-bond donors (Lipinski definition) is 2. The molecule has 0 amide bonds. The van der Waals surface area contributed by atoms with E-state index in [2.05, 4.69) is 5.32 Å². The summed E-state index contributed by atoms with van der Waals surface area (Å²) in [6.07, 6.45) is 8.92. The molecule has 1 aliphatic carbocycles. The van der Waals surface area contributed by atoms with Crippen LogP contribution >= 0.6 is 11.6 Å². The van der Waals surface area contributed by atoms with Crippen molar-refractivity contribution in [2.45, 2.75) is 70.0 Å². The van der Waals surface area contributed by atoms with Gasteiger partial charge in [-0.2, -0.15) is 0 Å². The van der Waals surface area contributed by atoms with Gasteiger partial charge in [-0.3, -0.25) is 14.4 Å². The third-order valence-corrected chi connectivity index (χ3v) is 7.76.